The molecule has 0 aliphatic rings. The molecular formula is C22H21Cl2N3O4S. The molecule has 0 spiro atoms. The zero-order chi connectivity index (χ0) is 22.9. The molecule has 0 bridgehead atoms. The van der Waals surface area contributed by atoms with E-state index in [1.165, 1.54) is 11.3 Å². The molecule has 168 valence electrons. The van der Waals surface area contributed by atoms with E-state index in [0.717, 1.165) is 5.56 Å². The van der Waals surface area contributed by atoms with Gasteiger partial charge in [-0.2, -0.15) is 5.10 Å². The third-order valence-electron chi connectivity index (χ3n) is 4.14. The number of thiazole rings is 1. The highest BCUT2D eigenvalue weighted by Gasteiger charge is 2.11. The maximum atomic E-state index is 11.6. The summed E-state index contributed by atoms with van der Waals surface area (Å²) < 4.78 is 16.4. The Labute approximate surface area is 199 Å². The van der Waals surface area contributed by atoms with Gasteiger partial charge >= 0.3 is 5.97 Å². The summed E-state index contributed by atoms with van der Waals surface area (Å²) in [5.41, 5.74) is 5.06. The Balaban J connectivity index is 1.68. The fourth-order valence-corrected chi connectivity index (χ4v) is 3.67. The molecule has 0 aliphatic carbocycles. The van der Waals surface area contributed by atoms with Gasteiger partial charge in [-0.15, -0.1) is 11.3 Å². The number of rotatable bonds is 10. The monoisotopic (exact) mass is 493 g/mol. The van der Waals surface area contributed by atoms with Crippen LogP contribution in [0.25, 0.3) is 0 Å². The standard InChI is InChI=1S/C22H21Cl2N3O4S/c1-3-30-20(28)10-16-13-32-22(26-16)27-25-11-15-5-4-6-19(29-2)21(15)31-12-14-7-8-17(23)18(24)9-14/h4-9,11,13H,3,10,12H2,1-2H3,(H,26,27). The van der Waals surface area contributed by atoms with Crippen molar-refractivity contribution in [3.8, 4) is 11.5 Å². The maximum Gasteiger partial charge on any atom is 0.311 e. The number of benzene rings is 2. The Morgan fingerprint density at radius 3 is 2.84 bits per heavy atom. The molecule has 2 aromatic carbocycles. The average Bonchev–Trinajstić information content (AvgIpc) is 3.22. The van der Waals surface area contributed by atoms with Crippen molar-refractivity contribution in [2.45, 2.75) is 20.0 Å². The first-order chi connectivity index (χ1) is 15.5. The van der Waals surface area contributed by atoms with E-state index in [4.69, 9.17) is 37.4 Å². The lowest BCUT2D eigenvalue weighted by Gasteiger charge is -2.13. The predicted molar refractivity (Wildman–Crippen MR) is 127 cm³/mol. The quantitative estimate of drug-likeness (QED) is 0.225. The fraction of sp³-hybridized carbons (Fsp3) is 0.227. The number of ether oxygens (including phenoxy) is 3. The van der Waals surface area contributed by atoms with Crippen LogP contribution >= 0.6 is 34.5 Å². The van der Waals surface area contributed by atoms with Crippen LogP contribution in [0, 0.1) is 0 Å². The molecule has 7 nitrogen and oxygen atoms in total. The molecule has 0 fully saturated rings. The number of carbonyl (C=O) groups is 1. The molecule has 1 heterocycles. The van der Waals surface area contributed by atoms with Gasteiger partial charge in [0.15, 0.2) is 11.5 Å². The highest BCUT2D eigenvalue weighted by Crippen LogP contribution is 2.31. The highest BCUT2D eigenvalue weighted by atomic mass is 35.5. The number of hydrogen-bond donors (Lipinski definition) is 1. The van der Waals surface area contributed by atoms with Crippen LogP contribution in [-0.2, 0) is 22.6 Å². The van der Waals surface area contributed by atoms with Crippen molar-refractivity contribution in [2.75, 3.05) is 19.1 Å². The minimum absolute atomic E-state index is 0.123. The normalized spacial score (nSPS) is 10.9. The summed E-state index contributed by atoms with van der Waals surface area (Å²) in [6.45, 7) is 2.38. The summed E-state index contributed by atoms with van der Waals surface area (Å²) in [4.78, 5) is 15.9. The molecule has 0 saturated heterocycles. The second-order valence-corrected chi connectivity index (χ2v) is 8.08. The summed E-state index contributed by atoms with van der Waals surface area (Å²) in [6, 6.07) is 10.8. The lowest BCUT2D eigenvalue weighted by molar-refractivity contribution is -0.142. The minimum atomic E-state index is -0.312. The number of nitrogens with one attached hydrogen (secondary N) is 1. The van der Waals surface area contributed by atoms with Crippen LogP contribution in [0.2, 0.25) is 10.0 Å². The molecule has 3 aromatic rings. The lowest BCUT2D eigenvalue weighted by Crippen LogP contribution is -2.07. The summed E-state index contributed by atoms with van der Waals surface area (Å²) in [6.07, 6.45) is 1.73. The molecule has 0 unspecified atom stereocenters. The second-order valence-electron chi connectivity index (χ2n) is 6.41. The number of para-hydroxylation sites is 1. The molecule has 0 radical (unpaired) electrons. The third kappa shape index (κ3) is 6.59. The largest absolute Gasteiger partial charge is 0.493 e. The molecule has 0 aliphatic heterocycles. The zero-order valence-electron chi connectivity index (χ0n) is 17.4. The van der Waals surface area contributed by atoms with Gasteiger partial charge in [-0.05, 0) is 36.8 Å². The number of esters is 1. The number of halogens is 2. The number of anilines is 1. The van der Waals surface area contributed by atoms with Gasteiger partial charge in [-0.25, -0.2) is 4.98 Å². The summed E-state index contributed by atoms with van der Waals surface area (Å²) in [5, 5.41) is 7.53. The second kappa shape index (κ2) is 11.7. The lowest BCUT2D eigenvalue weighted by atomic mass is 10.2. The third-order valence-corrected chi connectivity index (χ3v) is 5.68. The van der Waals surface area contributed by atoms with Gasteiger partial charge < -0.3 is 14.2 Å². The van der Waals surface area contributed by atoms with E-state index < -0.39 is 0 Å². The minimum Gasteiger partial charge on any atom is -0.493 e. The molecule has 1 aromatic heterocycles. The van der Waals surface area contributed by atoms with Gasteiger partial charge in [-0.3, -0.25) is 10.2 Å². The number of hydrazone groups is 1. The van der Waals surface area contributed by atoms with Crippen molar-refractivity contribution >= 4 is 51.9 Å². The van der Waals surface area contributed by atoms with Gasteiger partial charge in [-0.1, -0.05) is 35.3 Å². The molecule has 0 amide bonds. The van der Waals surface area contributed by atoms with E-state index >= 15 is 0 Å². The topological polar surface area (TPSA) is 82.0 Å². The average molecular weight is 494 g/mol. The first-order valence-corrected chi connectivity index (χ1v) is 11.3. The summed E-state index contributed by atoms with van der Waals surface area (Å²) in [7, 11) is 1.57. The SMILES string of the molecule is CCOC(=O)Cc1csc(NN=Cc2cccc(OC)c2OCc2ccc(Cl)c(Cl)c2)n1. The number of carbonyl (C=O) groups excluding carboxylic acids is 1. The molecule has 0 atom stereocenters. The Morgan fingerprint density at radius 1 is 1.25 bits per heavy atom. The van der Waals surface area contributed by atoms with Crippen LogP contribution < -0.4 is 14.9 Å². The molecule has 0 saturated carbocycles. The fourth-order valence-electron chi connectivity index (χ4n) is 2.69. The van der Waals surface area contributed by atoms with Crippen LogP contribution in [0.5, 0.6) is 11.5 Å². The van der Waals surface area contributed by atoms with E-state index in [2.05, 4.69) is 15.5 Å². The molecule has 32 heavy (non-hydrogen) atoms. The molecular weight excluding hydrogens is 473 g/mol. The Morgan fingerprint density at radius 2 is 2.09 bits per heavy atom. The predicted octanol–water partition coefficient (Wildman–Crippen LogP) is 5.59. The van der Waals surface area contributed by atoms with E-state index in [-0.39, 0.29) is 19.0 Å². The van der Waals surface area contributed by atoms with E-state index in [9.17, 15) is 4.79 Å². The molecule has 10 heteroatoms. The van der Waals surface area contributed by atoms with Crippen molar-refractivity contribution in [2.24, 2.45) is 5.10 Å². The van der Waals surface area contributed by atoms with Gasteiger partial charge in [0, 0.05) is 10.9 Å². The van der Waals surface area contributed by atoms with Crippen LogP contribution in [0.1, 0.15) is 23.7 Å². The van der Waals surface area contributed by atoms with Crippen molar-refractivity contribution in [3.63, 3.8) is 0 Å². The van der Waals surface area contributed by atoms with Gasteiger partial charge in [0.2, 0.25) is 5.13 Å². The molecule has 3 rings (SSSR count). The van der Waals surface area contributed by atoms with Crippen molar-refractivity contribution in [1.82, 2.24) is 4.98 Å². The van der Waals surface area contributed by atoms with Crippen LogP contribution in [-0.4, -0.2) is 30.9 Å². The zero-order valence-corrected chi connectivity index (χ0v) is 19.8. The smallest absolute Gasteiger partial charge is 0.311 e. The highest BCUT2D eigenvalue weighted by molar-refractivity contribution is 7.13. The van der Waals surface area contributed by atoms with Crippen molar-refractivity contribution < 1.29 is 19.0 Å². The first-order valence-electron chi connectivity index (χ1n) is 9.63. The summed E-state index contributed by atoms with van der Waals surface area (Å²) in [5.74, 6) is 0.793. The van der Waals surface area contributed by atoms with E-state index in [0.29, 0.717) is 44.5 Å². The molecule has 1 N–H and O–H groups in total. The van der Waals surface area contributed by atoms with Crippen LogP contribution in [0.15, 0.2) is 46.9 Å². The number of methoxy groups -OCH3 is 1. The number of hydrogen-bond acceptors (Lipinski definition) is 8. The number of nitrogens with zero attached hydrogens (tertiary/aromatic N) is 2. The first kappa shape index (κ1) is 23.8. The Hall–Kier alpha value is -2.81. The van der Waals surface area contributed by atoms with E-state index in [1.54, 1.807) is 43.8 Å². The van der Waals surface area contributed by atoms with E-state index in [1.807, 2.05) is 18.2 Å². The Bertz CT molecular complexity index is 1100. The van der Waals surface area contributed by atoms with Gasteiger partial charge in [0.1, 0.15) is 6.61 Å². The summed E-state index contributed by atoms with van der Waals surface area (Å²) >= 11 is 13.4. The maximum absolute atomic E-state index is 11.6. The Kier molecular flexibility index (Phi) is 8.72. The van der Waals surface area contributed by atoms with Crippen molar-refractivity contribution in [1.29, 1.82) is 0 Å². The van der Waals surface area contributed by atoms with Crippen molar-refractivity contribution in [3.05, 3.63) is 68.6 Å². The van der Waals surface area contributed by atoms with Gasteiger partial charge in [0.05, 0.1) is 42.1 Å². The van der Waals surface area contributed by atoms with Gasteiger partial charge in [0.25, 0.3) is 0 Å². The van der Waals surface area contributed by atoms with Crippen LogP contribution in [0.4, 0.5) is 5.13 Å². The number of aromatic nitrogens is 1. The van der Waals surface area contributed by atoms with Crippen LogP contribution in [0.3, 0.4) is 0 Å².